The first-order valence-corrected chi connectivity index (χ1v) is 8.05. The Kier molecular flexibility index (Phi) is 6.66. The van der Waals surface area contributed by atoms with Crippen molar-refractivity contribution >= 4 is 5.69 Å². The first-order valence-electron chi connectivity index (χ1n) is 8.05. The van der Waals surface area contributed by atoms with Gasteiger partial charge in [-0.3, -0.25) is 0 Å². The van der Waals surface area contributed by atoms with E-state index in [4.69, 9.17) is 0 Å². The molecule has 1 atom stereocenters. The molecule has 1 unspecified atom stereocenters. The summed E-state index contributed by atoms with van der Waals surface area (Å²) in [6.45, 7) is 15.7. The quantitative estimate of drug-likeness (QED) is 0.791. The van der Waals surface area contributed by atoms with Gasteiger partial charge in [0.2, 0.25) is 0 Å². The van der Waals surface area contributed by atoms with Gasteiger partial charge in [0.15, 0.2) is 0 Å². The molecule has 0 spiro atoms. The lowest BCUT2D eigenvalue weighted by molar-refractivity contribution is 0.423. The van der Waals surface area contributed by atoms with Crippen LogP contribution in [0.2, 0.25) is 0 Å². The summed E-state index contributed by atoms with van der Waals surface area (Å²) in [4.78, 5) is 2.35. The van der Waals surface area contributed by atoms with Crippen LogP contribution in [0.25, 0.3) is 0 Å². The molecule has 0 aliphatic heterocycles. The molecule has 2 nitrogen and oxygen atoms in total. The SMILES string of the molecule is CCC(C)CN(CC)c1ccc(F)cc1CNC(C)(C)C. The fourth-order valence-corrected chi connectivity index (χ4v) is 2.27. The van der Waals surface area contributed by atoms with Crippen molar-refractivity contribution in [3.8, 4) is 0 Å². The zero-order valence-corrected chi connectivity index (χ0v) is 14.5. The van der Waals surface area contributed by atoms with E-state index in [1.807, 2.05) is 6.07 Å². The topological polar surface area (TPSA) is 15.3 Å². The van der Waals surface area contributed by atoms with E-state index in [0.717, 1.165) is 30.8 Å². The Hall–Kier alpha value is -1.09. The molecule has 0 aliphatic carbocycles. The van der Waals surface area contributed by atoms with Crippen molar-refractivity contribution in [3.05, 3.63) is 29.6 Å². The Morgan fingerprint density at radius 2 is 1.90 bits per heavy atom. The van der Waals surface area contributed by atoms with Crippen molar-refractivity contribution in [1.82, 2.24) is 5.32 Å². The molecule has 0 amide bonds. The third-order valence-corrected chi connectivity index (χ3v) is 3.80. The van der Waals surface area contributed by atoms with Crippen LogP contribution in [0.5, 0.6) is 0 Å². The number of halogens is 1. The molecule has 1 rings (SSSR count). The minimum Gasteiger partial charge on any atom is -0.371 e. The summed E-state index contributed by atoms with van der Waals surface area (Å²) in [5.74, 6) is 0.475. The molecule has 0 saturated heterocycles. The van der Waals surface area contributed by atoms with Gasteiger partial charge in [-0.05, 0) is 57.4 Å². The monoisotopic (exact) mass is 294 g/mol. The van der Waals surface area contributed by atoms with E-state index in [1.54, 1.807) is 12.1 Å². The van der Waals surface area contributed by atoms with Gasteiger partial charge in [0.25, 0.3) is 0 Å². The largest absolute Gasteiger partial charge is 0.371 e. The molecule has 3 heteroatoms. The van der Waals surface area contributed by atoms with E-state index < -0.39 is 0 Å². The van der Waals surface area contributed by atoms with Gasteiger partial charge in [0, 0.05) is 30.9 Å². The maximum atomic E-state index is 13.6. The molecule has 1 aromatic carbocycles. The van der Waals surface area contributed by atoms with E-state index in [2.05, 4.69) is 51.8 Å². The van der Waals surface area contributed by atoms with Crippen LogP contribution in [0.1, 0.15) is 53.5 Å². The van der Waals surface area contributed by atoms with E-state index in [1.165, 1.54) is 0 Å². The third kappa shape index (κ3) is 6.04. The standard InChI is InChI=1S/C18H31FN2/c1-7-14(3)13-21(8-2)17-10-9-16(19)11-15(17)12-20-18(4,5)6/h9-11,14,20H,7-8,12-13H2,1-6H3. The second kappa shape index (κ2) is 7.79. The van der Waals surface area contributed by atoms with Gasteiger partial charge < -0.3 is 10.2 Å². The van der Waals surface area contributed by atoms with Crippen molar-refractivity contribution < 1.29 is 4.39 Å². The summed E-state index contributed by atoms with van der Waals surface area (Å²) in [6.07, 6.45) is 1.16. The molecule has 120 valence electrons. The Bertz CT molecular complexity index is 437. The van der Waals surface area contributed by atoms with Crippen LogP contribution >= 0.6 is 0 Å². The van der Waals surface area contributed by atoms with Crippen molar-refractivity contribution in [2.45, 2.75) is 60.0 Å². The highest BCUT2D eigenvalue weighted by Crippen LogP contribution is 2.24. The van der Waals surface area contributed by atoms with Crippen LogP contribution < -0.4 is 10.2 Å². The molecule has 0 heterocycles. The van der Waals surface area contributed by atoms with Crippen molar-refractivity contribution in [2.24, 2.45) is 5.92 Å². The molecular weight excluding hydrogens is 263 g/mol. The summed E-state index contributed by atoms with van der Waals surface area (Å²) < 4.78 is 13.6. The molecular formula is C18H31FN2. The molecule has 1 N–H and O–H groups in total. The Morgan fingerprint density at radius 1 is 1.24 bits per heavy atom. The number of hydrogen-bond donors (Lipinski definition) is 1. The normalized spacial score (nSPS) is 13.3. The van der Waals surface area contributed by atoms with Crippen LogP contribution in [0.3, 0.4) is 0 Å². The van der Waals surface area contributed by atoms with Crippen LogP contribution in [0, 0.1) is 11.7 Å². The molecule has 0 aromatic heterocycles. The predicted molar refractivity (Wildman–Crippen MR) is 90.3 cm³/mol. The molecule has 0 radical (unpaired) electrons. The first kappa shape index (κ1) is 18.0. The average molecular weight is 294 g/mol. The number of hydrogen-bond acceptors (Lipinski definition) is 2. The number of anilines is 1. The first-order chi connectivity index (χ1) is 9.76. The molecule has 1 aromatic rings. The van der Waals surface area contributed by atoms with Gasteiger partial charge >= 0.3 is 0 Å². The van der Waals surface area contributed by atoms with Gasteiger partial charge in [0.05, 0.1) is 0 Å². The Labute approximate surface area is 129 Å². The van der Waals surface area contributed by atoms with Crippen LogP contribution in [-0.4, -0.2) is 18.6 Å². The van der Waals surface area contributed by atoms with Crippen LogP contribution in [0.4, 0.5) is 10.1 Å². The zero-order valence-electron chi connectivity index (χ0n) is 14.5. The average Bonchev–Trinajstić information content (AvgIpc) is 2.42. The maximum absolute atomic E-state index is 13.6. The second-order valence-electron chi connectivity index (χ2n) is 6.93. The lowest BCUT2D eigenvalue weighted by atomic mass is 10.0. The summed E-state index contributed by atoms with van der Waals surface area (Å²) in [5, 5.41) is 3.46. The number of benzene rings is 1. The second-order valence-corrected chi connectivity index (χ2v) is 6.93. The summed E-state index contributed by atoms with van der Waals surface area (Å²) in [6, 6.07) is 5.14. The van der Waals surface area contributed by atoms with Crippen LogP contribution in [0.15, 0.2) is 18.2 Å². The summed E-state index contributed by atoms with van der Waals surface area (Å²) >= 11 is 0. The van der Waals surface area contributed by atoms with E-state index in [-0.39, 0.29) is 11.4 Å². The molecule has 0 aliphatic rings. The van der Waals surface area contributed by atoms with Gasteiger partial charge in [-0.25, -0.2) is 4.39 Å². The highest BCUT2D eigenvalue weighted by atomic mass is 19.1. The lowest BCUT2D eigenvalue weighted by Crippen LogP contribution is -2.36. The fourth-order valence-electron chi connectivity index (χ4n) is 2.27. The molecule has 21 heavy (non-hydrogen) atoms. The fraction of sp³-hybridized carbons (Fsp3) is 0.667. The van der Waals surface area contributed by atoms with Crippen molar-refractivity contribution in [1.29, 1.82) is 0 Å². The lowest BCUT2D eigenvalue weighted by Gasteiger charge is -2.29. The summed E-state index contributed by atoms with van der Waals surface area (Å²) in [7, 11) is 0. The van der Waals surface area contributed by atoms with Gasteiger partial charge in [-0.15, -0.1) is 0 Å². The van der Waals surface area contributed by atoms with Crippen LogP contribution in [-0.2, 0) is 6.54 Å². The smallest absolute Gasteiger partial charge is 0.123 e. The maximum Gasteiger partial charge on any atom is 0.123 e. The predicted octanol–water partition coefficient (Wildman–Crippen LogP) is 4.59. The number of nitrogens with one attached hydrogen (secondary N) is 1. The summed E-state index contributed by atoms with van der Waals surface area (Å²) in [5.41, 5.74) is 2.21. The minimum absolute atomic E-state index is 0.0251. The number of nitrogens with zero attached hydrogens (tertiary/aromatic N) is 1. The van der Waals surface area contributed by atoms with Gasteiger partial charge in [-0.2, -0.15) is 0 Å². The molecule has 0 saturated carbocycles. The van der Waals surface area contributed by atoms with E-state index >= 15 is 0 Å². The Morgan fingerprint density at radius 3 is 2.43 bits per heavy atom. The van der Waals surface area contributed by atoms with Crippen molar-refractivity contribution in [2.75, 3.05) is 18.0 Å². The van der Waals surface area contributed by atoms with E-state index in [9.17, 15) is 4.39 Å². The van der Waals surface area contributed by atoms with Gasteiger partial charge in [-0.1, -0.05) is 20.3 Å². The van der Waals surface area contributed by atoms with Crippen molar-refractivity contribution in [3.63, 3.8) is 0 Å². The van der Waals surface area contributed by atoms with Gasteiger partial charge in [0.1, 0.15) is 5.82 Å². The highest BCUT2D eigenvalue weighted by molar-refractivity contribution is 5.54. The number of rotatable bonds is 7. The molecule has 0 bridgehead atoms. The highest BCUT2D eigenvalue weighted by Gasteiger charge is 2.15. The molecule has 0 fully saturated rings. The minimum atomic E-state index is -0.163. The third-order valence-electron chi connectivity index (χ3n) is 3.80. The zero-order chi connectivity index (χ0) is 16.0. The van der Waals surface area contributed by atoms with E-state index in [0.29, 0.717) is 12.5 Å². The Balaban J connectivity index is 2.98.